The van der Waals surface area contributed by atoms with E-state index in [1.165, 1.54) is 24.4 Å². The molecule has 0 aliphatic carbocycles. The van der Waals surface area contributed by atoms with Crippen LogP contribution in [0.2, 0.25) is 0 Å². The number of alkyl halides is 4. The molecule has 13 heteroatoms. The van der Waals surface area contributed by atoms with Gasteiger partial charge in [0.05, 0.1) is 29.6 Å². The first-order valence-corrected chi connectivity index (χ1v) is 9.45. The number of amides is 1. The van der Waals surface area contributed by atoms with Crippen molar-refractivity contribution in [2.24, 2.45) is 0 Å². The number of nitrogens with zero attached hydrogens (tertiary/aromatic N) is 4. The highest BCUT2D eigenvalue weighted by atomic mass is 19.4. The summed E-state index contributed by atoms with van der Waals surface area (Å²) >= 11 is 0. The summed E-state index contributed by atoms with van der Waals surface area (Å²) in [5, 5.41) is 20.9. The van der Waals surface area contributed by atoms with Gasteiger partial charge in [0.2, 0.25) is 0 Å². The zero-order valence-corrected chi connectivity index (χ0v) is 17.1. The van der Waals surface area contributed by atoms with Crippen LogP contribution in [0.4, 0.5) is 34.9 Å². The number of pyridine rings is 1. The van der Waals surface area contributed by atoms with E-state index in [-0.39, 0.29) is 17.1 Å². The summed E-state index contributed by atoms with van der Waals surface area (Å²) in [5.41, 5.74) is -1.54. The second-order valence-electron chi connectivity index (χ2n) is 7.49. The molecule has 4 N–H and O–H groups in total. The number of anilines is 3. The van der Waals surface area contributed by atoms with Gasteiger partial charge in [0.25, 0.3) is 5.91 Å². The topological polar surface area (TPSA) is 116 Å². The maximum atomic E-state index is 13.9. The summed E-state index contributed by atoms with van der Waals surface area (Å²) in [6.07, 6.45) is -2.08. The maximum Gasteiger partial charge on any atom is 0.405 e. The summed E-state index contributed by atoms with van der Waals surface area (Å²) in [4.78, 5) is 20.8. The van der Waals surface area contributed by atoms with Gasteiger partial charge in [-0.15, -0.1) is 0 Å². The number of halogens is 4. The molecule has 0 aliphatic heterocycles. The Bertz CT molecular complexity index is 1100. The lowest BCUT2D eigenvalue weighted by atomic mass is 10.0. The van der Waals surface area contributed by atoms with Crippen molar-refractivity contribution in [3.8, 4) is 0 Å². The van der Waals surface area contributed by atoms with Crippen molar-refractivity contribution < 1.29 is 27.5 Å². The number of hydrogen-bond donors (Lipinski definition) is 4. The normalized spacial score (nSPS) is 13.1. The average molecular weight is 455 g/mol. The fourth-order valence-electron chi connectivity index (χ4n) is 2.59. The molecular formula is C19H21F4N7O2. The average Bonchev–Trinajstić information content (AvgIpc) is 3.17. The maximum absolute atomic E-state index is 13.9. The summed E-state index contributed by atoms with van der Waals surface area (Å²) in [6.45, 7) is 0.539. The number of aromatic nitrogens is 4. The monoisotopic (exact) mass is 455 g/mol. The van der Waals surface area contributed by atoms with Gasteiger partial charge in [-0.05, 0) is 19.9 Å². The first-order valence-electron chi connectivity index (χ1n) is 9.45. The molecule has 172 valence electrons. The van der Waals surface area contributed by atoms with Crippen LogP contribution in [0.15, 0.2) is 36.8 Å². The number of carbonyl (C=O) groups is 1. The quantitative estimate of drug-likeness (QED) is 0.386. The van der Waals surface area contributed by atoms with Crippen molar-refractivity contribution >= 4 is 28.9 Å². The van der Waals surface area contributed by atoms with E-state index in [4.69, 9.17) is 0 Å². The first kappa shape index (κ1) is 23.2. The van der Waals surface area contributed by atoms with Gasteiger partial charge in [0, 0.05) is 24.5 Å². The van der Waals surface area contributed by atoms with Crippen LogP contribution in [-0.4, -0.2) is 61.6 Å². The third kappa shape index (κ3) is 6.03. The van der Waals surface area contributed by atoms with Crippen molar-refractivity contribution in [3.05, 3.63) is 42.4 Å². The molecule has 9 nitrogen and oxygen atoms in total. The molecule has 3 rings (SSSR count). The second-order valence-corrected chi connectivity index (χ2v) is 7.49. The molecule has 1 atom stereocenters. The van der Waals surface area contributed by atoms with E-state index in [2.05, 4.69) is 31.0 Å². The number of carbonyl (C=O) groups excluding carboxylic acids is 1. The Morgan fingerprint density at radius 2 is 2.00 bits per heavy atom. The van der Waals surface area contributed by atoms with E-state index < -0.39 is 36.9 Å². The van der Waals surface area contributed by atoms with E-state index in [9.17, 15) is 27.5 Å². The fraction of sp³-hybridized carbons (Fsp3) is 0.368. The first-order chi connectivity index (χ1) is 14.9. The molecule has 3 heterocycles. The molecule has 0 spiro atoms. The van der Waals surface area contributed by atoms with Crippen LogP contribution in [0.1, 0.15) is 24.2 Å². The Labute approximate surface area is 179 Å². The Morgan fingerprint density at radius 3 is 2.69 bits per heavy atom. The van der Waals surface area contributed by atoms with Gasteiger partial charge in [-0.25, -0.2) is 18.9 Å². The molecule has 32 heavy (non-hydrogen) atoms. The zero-order chi connectivity index (χ0) is 23.5. The van der Waals surface area contributed by atoms with E-state index in [0.29, 0.717) is 11.5 Å². The molecule has 0 bridgehead atoms. The molecule has 3 aromatic heterocycles. The highest BCUT2D eigenvalue weighted by Crippen LogP contribution is 2.24. The molecule has 0 fully saturated rings. The largest absolute Gasteiger partial charge is 0.405 e. The van der Waals surface area contributed by atoms with E-state index >= 15 is 0 Å². The minimum absolute atomic E-state index is 0.127. The lowest BCUT2D eigenvalue weighted by Crippen LogP contribution is -2.42. The van der Waals surface area contributed by atoms with Gasteiger partial charge >= 0.3 is 6.18 Å². The molecule has 0 aliphatic rings. The van der Waals surface area contributed by atoms with Gasteiger partial charge < -0.3 is 21.1 Å². The fourth-order valence-corrected chi connectivity index (χ4v) is 2.59. The van der Waals surface area contributed by atoms with Crippen molar-refractivity contribution in [1.29, 1.82) is 0 Å². The van der Waals surface area contributed by atoms with Crippen molar-refractivity contribution in [2.75, 3.05) is 23.7 Å². The SMILES string of the molecule is CC(C)(O)C(F)CNC(=O)c1cnc(Nc2ccn3nccc3n2)cc1NCC(F)(F)F. The minimum atomic E-state index is -4.54. The zero-order valence-electron chi connectivity index (χ0n) is 17.1. The summed E-state index contributed by atoms with van der Waals surface area (Å²) in [7, 11) is 0. The highest BCUT2D eigenvalue weighted by molar-refractivity contribution is 5.99. The highest BCUT2D eigenvalue weighted by Gasteiger charge is 2.29. The Balaban J connectivity index is 1.81. The minimum Gasteiger partial charge on any atom is -0.387 e. The Kier molecular flexibility index (Phi) is 6.48. The summed E-state index contributed by atoms with van der Waals surface area (Å²) in [6, 6.07) is 4.46. The smallest absolute Gasteiger partial charge is 0.387 e. The van der Waals surface area contributed by atoms with E-state index in [1.54, 1.807) is 24.5 Å². The number of aliphatic hydroxyl groups is 1. The molecule has 0 aromatic carbocycles. The Morgan fingerprint density at radius 1 is 1.25 bits per heavy atom. The van der Waals surface area contributed by atoms with Gasteiger partial charge in [0.15, 0.2) is 5.65 Å². The van der Waals surface area contributed by atoms with Crippen LogP contribution >= 0.6 is 0 Å². The van der Waals surface area contributed by atoms with E-state index in [0.717, 1.165) is 6.20 Å². The third-order valence-corrected chi connectivity index (χ3v) is 4.35. The molecule has 0 saturated heterocycles. The van der Waals surface area contributed by atoms with Crippen molar-refractivity contribution in [3.63, 3.8) is 0 Å². The molecular weight excluding hydrogens is 434 g/mol. The van der Waals surface area contributed by atoms with Crippen LogP contribution < -0.4 is 16.0 Å². The Hall–Kier alpha value is -3.48. The van der Waals surface area contributed by atoms with Crippen LogP contribution in [0.25, 0.3) is 5.65 Å². The molecule has 0 saturated carbocycles. The number of nitrogens with one attached hydrogen (secondary N) is 3. The van der Waals surface area contributed by atoms with Crippen LogP contribution in [0, 0.1) is 0 Å². The molecule has 1 unspecified atom stereocenters. The standard InChI is InChI=1S/C19H21F4N7O2/c1-18(2,32)13(20)9-25-17(31)11-8-24-15(7-12(11)26-10-19(21,22)23)28-14-4-6-30-16(29-14)3-5-27-30/h3-8,13,32H,9-10H2,1-2H3,(H,25,31)(H2,24,26,28,29). The van der Waals surface area contributed by atoms with Gasteiger partial charge in [-0.3, -0.25) is 4.79 Å². The predicted molar refractivity (Wildman–Crippen MR) is 109 cm³/mol. The van der Waals surface area contributed by atoms with Crippen LogP contribution in [0.3, 0.4) is 0 Å². The van der Waals surface area contributed by atoms with Crippen LogP contribution in [-0.2, 0) is 0 Å². The van der Waals surface area contributed by atoms with Gasteiger partial charge in [0.1, 0.15) is 24.4 Å². The summed E-state index contributed by atoms with van der Waals surface area (Å²) in [5.74, 6) is -0.364. The molecule has 1 amide bonds. The van der Waals surface area contributed by atoms with Crippen molar-refractivity contribution in [1.82, 2.24) is 24.9 Å². The second kappa shape index (κ2) is 8.94. The number of rotatable bonds is 8. The van der Waals surface area contributed by atoms with Crippen LogP contribution in [0.5, 0.6) is 0 Å². The lowest BCUT2D eigenvalue weighted by Gasteiger charge is -2.22. The van der Waals surface area contributed by atoms with E-state index in [1.807, 2.05) is 0 Å². The third-order valence-electron chi connectivity index (χ3n) is 4.35. The van der Waals surface area contributed by atoms with Gasteiger partial charge in [-0.2, -0.15) is 18.3 Å². The number of hydrogen-bond acceptors (Lipinski definition) is 7. The van der Waals surface area contributed by atoms with Gasteiger partial charge in [-0.1, -0.05) is 0 Å². The molecule has 3 aromatic rings. The predicted octanol–water partition coefficient (Wildman–Crippen LogP) is 2.68. The lowest BCUT2D eigenvalue weighted by molar-refractivity contribution is -0.115. The summed E-state index contributed by atoms with van der Waals surface area (Å²) < 4.78 is 53.6. The molecule has 0 radical (unpaired) electrons. The van der Waals surface area contributed by atoms with Crippen molar-refractivity contribution in [2.45, 2.75) is 31.8 Å². The number of fused-ring (bicyclic) bond motifs is 1.